The van der Waals surface area contributed by atoms with E-state index in [2.05, 4.69) is 25.9 Å². The number of aromatic amines is 2. The first-order valence-electron chi connectivity index (χ1n) is 8.21. The van der Waals surface area contributed by atoms with E-state index in [1.54, 1.807) is 18.2 Å². The van der Waals surface area contributed by atoms with E-state index < -0.39 is 4.92 Å². The van der Waals surface area contributed by atoms with Gasteiger partial charge in [0.2, 0.25) is 0 Å². The van der Waals surface area contributed by atoms with Crippen molar-refractivity contribution in [2.24, 2.45) is 0 Å². The molecule has 5 aromatic rings. The number of rotatable bonds is 2. The third-order valence-corrected chi connectivity index (χ3v) is 5.51. The zero-order chi connectivity index (χ0) is 18.7. The maximum Gasteiger partial charge on any atom is 0.270 e. The SMILES string of the molecule is O=[N+]([O-])c1ccc(-c2cc3[nH]c4ccc(O)cc4c3c3c[nH]cc23)c(Br)c1. The number of nitrogens with one attached hydrogen (secondary N) is 2. The van der Waals surface area contributed by atoms with E-state index in [1.807, 2.05) is 24.5 Å². The summed E-state index contributed by atoms with van der Waals surface area (Å²) in [5.41, 5.74) is 3.73. The van der Waals surface area contributed by atoms with Gasteiger partial charge in [-0.15, -0.1) is 0 Å². The fraction of sp³-hybridized carbons (Fsp3) is 0. The number of halogens is 1. The normalized spacial score (nSPS) is 11.6. The van der Waals surface area contributed by atoms with Gasteiger partial charge in [-0.1, -0.05) is 0 Å². The lowest BCUT2D eigenvalue weighted by molar-refractivity contribution is -0.384. The van der Waals surface area contributed by atoms with Crippen LogP contribution in [0.15, 0.2) is 59.3 Å². The highest BCUT2D eigenvalue weighted by atomic mass is 79.9. The first kappa shape index (κ1) is 15.9. The molecule has 6 nitrogen and oxygen atoms in total. The van der Waals surface area contributed by atoms with Gasteiger partial charge in [0.1, 0.15) is 5.75 Å². The van der Waals surface area contributed by atoms with Gasteiger partial charge in [0, 0.05) is 61.6 Å². The zero-order valence-electron chi connectivity index (χ0n) is 13.8. The van der Waals surface area contributed by atoms with Crippen LogP contribution < -0.4 is 0 Å². The van der Waals surface area contributed by atoms with E-state index in [4.69, 9.17) is 0 Å². The number of non-ortho nitro benzene ring substituents is 1. The number of hydrogen-bond acceptors (Lipinski definition) is 3. The molecule has 2 aromatic heterocycles. The lowest BCUT2D eigenvalue weighted by Crippen LogP contribution is -1.89. The Labute approximate surface area is 160 Å². The minimum Gasteiger partial charge on any atom is -0.508 e. The highest BCUT2D eigenvalue weighted by molar-refractivity contribution is 9.10. The molecular formula is C20H12BrN3O3. The molecule has 0 saturated carbocycles. The first-order valence-corrected chi connectivity index (χ1v) is 9.00. The molecule has 27 heavy (non-hydrogen) atoms. The van der Waals surface area contributed by atoms with Crippen LogP contribution in [0.25, 0.3) is 43.7 Å². The minimum atomic E-state index is -0.409. The predicted octanol–water partition coefficient (Wildman–Crippen LogP) is 5.85. The number of phenols is 1. The molecule has 3 aromatic carbocycles. The maximum absolute atomic E-state index is 11.0. The Morgan fingerprint density at radius 2 is 1.74 bits per heavy atom. The largest absolute Gasteiger partial charge is 0.508 e. The second-order valence-corrected chi connectivity index (χ2v) is 7.26. The van der Waals surface area contributed by atoms with E-state index >= 15 is 0 Å². The van der Waals surface area contributed by atoms with Crippen molar-refractivity contribution in [1.29, 1.82) is 0 Å². The van der Waals surface area contributed by atoms with E-state index in [-0.39, 0.29) is 11.4 Å². The molecule has 0 fully saturated rings. The van der Waals surface area contributed by atoms with Gasteiger partial charge < -0.3 is 15.1 Å². The second kappa shape index (κ2) is 5.59. The molecule has 7 heteroatoms. The number of nitro benzene ring substituents is 1. The van der Waals surface area contributed by atoms with Gasteiger partial charge >= 0.3 is 0 Å². The van der Waals surface area contributed by atoms with Gasteiger partial charge in [-0.3, -0.25) is 10.1 Å². The summed E-state index contributed by atoms with van der Waals surface area (Å²) in [6.45, 7) is 0. The van der Waals surface area contributed by atoms with Crippen LogP contribution in [0.2, 0.25) is 0 Å². The standard InChI is InChI=1S/C20H12BrN3O3/c21-17-5-10(24(26)27)1-3-12(17)13-7-19-20(16-9-22-8-15(13)16)14-6-11(25)2-4-18(14)23-19/h1-9,22-23,25H. The van der Waals surface area contributed by atoms with Crippen molar-refractivity contribution in [3.05, 3.63) is 69.4 Å². The van der Waals surface area contributed by atoms with E-state index in [1.165, 1.54) is 12.1 Å². The fourth-order valence-corrected chi connectivity index (χ4v) is 4.25. The van der Waals surface area contributed by atoms with Crippen molar-refractivity contribution in [3.63, 3.8) is 0 Å². The summed E-state index contributed by atoms with van der Waals surface area (Å²) in [6, 6.07) is 12.1. The third kappa shape index (κ3) is 2.32. The lowest BCUT2D eigenvalue weighted by atomic mass is 9.97. The molecule has 0 spiro atoms. The molecule has 0 bridgehead atoms. The Bertz CT molecular complexity index is 1380. The van der Waals surface area contributed by atoms with Crippen LogP contribution in [0.5, 0.6) is 5.75 Å². The van der Waals surface area contributed by atoms with Crippen molar-refractivity contribution in [1.82, 2.24) is 9.97 Å². The van der Waals surface area contributed by atoms with E-state index in [9.17, 15) is 15.2 Å². The summed E-state index contributed by atoms with van der Waals surface area (Å²) >= 11 is 3.48. The van der Waals surface area contributed by atoms with Crippen molar-refractivity contribution in [2.75, 3.05) is 0 Å². The Morgan fingerprint density at radius 3 is 2.52 bits per heavy atom. The Balaban J connectivity index is 1.87. The lowest BCUT2D eigenvalue weighted by Gasteiger charge is -2.08. The van der Waals surface area contributed by atoms with Crippen LogP contribution in [0.4, 0.5) is 5.69 Å². The third-order valence-electron chi connectivity index (χ3n) is 4.86. The maximum atomic E-state index is 11.0. The molecule has 0 saturated heterocycles. The van der Waals surface area contributed by atoms with Crippen molar-refractivity contribution < 1.29 is 10.0 Å². The van der Waals surface area contributed by atoms with Crippen LogP contribution >= 0.6 is 15.9 Å². The number of benzene rings is 3. The molecule has 5 rings (SSSR count). The van der Waals surface area contributed by atoms with Gasteiger partial charge in [0.25, 0.3) is 5.69 Å². The number of hydrogen-bond donors (Lipinski definition) is 3. The molecular weight excluding hydrogens is 410 g/mol. The average molecular weight is 422 g/mol. The summed E-state index contributed by atoms with van der Waals surface area (Å²) in [5.74, 6) is 0.217. The average Bonchev–Trinajstić information content (AvgIpc) is 3.24. The van der Waals surface area contributed by atoms with E-state index in [0.717, 1.165) is 43.7 Å². The van der Waals surface area contributed by atoms with Gasteiger partial charge in [0.15, 0.2) is 0 Å². The molecule has 132 valence electrons. The summed E-state index contributed by atoms with van der Waals surface area (Å²) < 4.78 is 0.660. The van der Waals surface area contributed by atoms with Crippen LogP contribution in [-0.4, -0.2) is 20.0 Å². The summed E-state index contributed by atoms with van der Waals surface area (Å²) in [6.07, 6.45) is 3.84. The summed E-state index contributed by atoms with van der Waals surface area (Å²) in [5, 5.41) is 24.9. The number of aromatic hydroxyl groups is 1. The number of nitro groups is 1. The molecule has 0 atom stereocenters. The van der Waals surface area contributed by atoms with Gasteiger partial charge in [-0.25, -0.2) is 0 Å². The van der Waals surface area contributed by atoms with Gasteiger partial charge in [-0.2, -0.15) is 0 Å². The molecule has 0 unspecified atom stereocenters. The number of phenolic OH excluding ortho intramolecular Hbond substituents is 1. The number of aromatic nitrogens is 2. The molecule has 0 aliphatic rings. The van der Waals surface area contributed by atoms with Crippen LogP contribution in [-0.2, 0) is 0 Å². The molecule has 0 aliphatic carbocycles. The number of nitrogens with zero attached hydrogens (tertiary/aromatic N) is 1. The smallest absolute Gasteiger partial charge is 0.270 e. The first-order chi connectivity index (χ1) is 13.0. The second-order valence-electron chi connectivity index (χ2n) is 6.41. The predicted molar refractivity (Wildman–Crippen MR) is 109 cm³/mol. The highest BCUT2D eigenvalue weighted by Crippen LogP contribution is 2.41. The Hall–Kier alpha value is -3.32. The topological polar surface area (TPSA) is 94.9 Å². The van der Waals surface area contributed by atoms with Gasteiger partial charge in [0.05, 0.1) is 4.92 Å². The van der Waals surface area contributed by atoms with Crippen molar-refractivity contribution >= 4 is 54.2 Å². The van der Waals surface area contributed by atoms with Gasteiger partial charge in [-0.05, 0) is 57.4 Å². The minimum absolute atomic E-state index is 0.0399. The quantitative estimate of drug-likeness (QED) is 0.246. The van der Waals surface area contributed by atoms with Crippen molar-refractivity contribution in [3.8, 4) is 16.9 Å². The molecule has 2 heterocycles. The number of fused-ring (bicyclic) bond motifs is 5. The molecule has 3 N–H and O–H groups in total. The van der Waals surface area contributed by atoms with Crippen LogP contribution in [0.3, 0.4) is 0 Å². The fourth-order valence-electron chi connectivity index (χ4n) is 3.67. The summed E-state index contributed by atoms with van der Waals surface area (Å²) in [4.78, 5) is 17.2. The highest BCUT2D eigenvalue weighted by Gasteiger charge is 2.17. The summed E-state index contributed by atoms with van der Waals surface area (Å²) in [7, 11) is 0. The van der Waals surface area contributed by atoms with Crippen LogP contribution in [0.1, 0.15) is 0 Å². The Morgan fingerprint density at radius 1 is 0.926 bits per heavy atom. The molecule has 0 aliphatic heterocycles. The monoisotopic (exact) mass is 421 g/mol. The van der Waals surface area contributed by atoms with Crippen molar-refractivity contribution in [2.45, 2.75) is 0 Å². The zero-order valence-corrected chi connectivity index (χ0v) is 15.4. The van der Waals surface area contributed by atoms with Crippen LogP contribution in [0, 0.1) is 10.1 Å². The van der Waals surface area contributed by atoms with E-state index in [0.29, 0.717) is 4.47 Å². The molecule has 0 amide bonds. The number of H-pyrrole nitrogens is 2. The Kier molecular flexibility index (Phi) is 3.29. The molecule has 0 radical (unpaired) electrons.